The lowest BCUT2D eigenvalue weighted by molar-refractivity contribution is -0.136. The van der Waals surface area contributed by atoms with Crippen LogP contribution in [-0.4, -0.2) is 37.2 Å². The topological polar surface area (TPSA) is 50.4 Å². The van der Waals surface area contributed by atoms with Crippen molar-refractivity contribution >= 4 is 5.91 Å². The molecule has 1 aliphatic rings. The molecule has 0 radical (unpaired) electrons. The SMILES string of the molecule is CC(C)NC(=O)C(C)O[C@H]1CCCNC1. The van der Waals surface area contributed by atoms with Crippen molar-refractivity contribution in [3.05, 3.63) is 0 Å². The quantitative estimate of drug-likeness (QED) is 0.723. The third-order valence-electron chi connectivity index (χ3n) is 2.45. The van der Waals surface area contributed by atoms with Crippen LogP contribution in [0.2, 0.25) is 0 Å². The molecule has 4 nitrogen and oxygen atoms in total. The van der Waals surface area contributed by atoms with Crippen molar-refractivity contribution in [1.82, 2.24) is 10.6 Å². The van der Waals surface area contributed by atoms with E-state index in [4.69, 9.17) is 4.74 Å². The summed E-state index contributed by atoms with van der Waals surface area (Å²) in [5.74, 6) is -0.0180. The number of amides is 1. The van der Waals surface area contributed by atoms with Gasteiger partial charge in [-0.25, -0.2) is 0 Å². The highest BCUT2D eigenvalue weighted by Crippen LogP contribution is 2.08. The lowest BCUT2D eigenvalue weighted by Crippen LogP contribution is -2.43. The van der Waals surface area contributed by atoms with Crippen molar-refractivity contribution in [1.29, 1.82) is 0 Å². The normalized spacial score (nSPS) is 23.9. The summed E-state index contributed by atoms with van der Waals surface area (Å²) in [7, 11) is 0. The summed E-state index contributed by atoms with van der Waals surface area (Å²) in [4.78, 5) is 11.6. The van der Waals surface area contributed by atoms with E-state index in [2.05, 4.69) is 10.6 Å². The minimum Gasteiger partial charge on any atom is -0.364 e. The third-order valence-corrected chi connectivity index (χ3v) is 2.45. The fourth-order valence-electron chi connectivity index (χ4n) is 1.69. The standard InChI is InChI=1S/C11H22N2O2/c1-8(2)13-11(14)9(3)15-10-5-4-6-12-7-10/h8-10,12H,4-7H2,1-3H3,(H,13,14)/t9?,10-/m0/s1. The summed E-state index contributed by atoms with van der Waals surface area (Å²) in [5, 5.41) is 6.11. The molecule has 0 spiro atoms. The van der Waals surface area contributed by atoms with Crippen LogP contribution in [0.5, 0.6) is 0 Å². The lowest BCUT2D eigenvalue weighted by atomic mass is 10.1. The van der Waals surface area contributed by atoms with E-state index in [0.29, 0.717) is 0 Å². The summed E-state index contributed by atoms with van der Waals surface area (Å²) in [5.41, 5.74) is 0. The van der Waals surface area contributed by atoms with Gasteiger partial charge in [-0.05, 0) is 40.2 Å². The smallest absolute Gasteiger partial charge is 0.249 e. The Hall–Kier alpha value is -0.610. The van der Waals surface area contributed by atoms with Gasteiger partial charge in [-0.2, -0.15) is 0 Å². The Bertz CT molecular complexity index is 201. The largest absolute Gasteiger partial charge is 0.364 e. The molecule has 4 heteroatoms. The molecule has 1 saturated heterocycles. The highest BCUT2D eigenvalue weighted by atomic mass is 16.5. The van der Waals surface area contributed by atoms with Crippen LogP contribution in [0.15, 0.2) is 0 Å². The van der Waals surface area contributed by atoms with Gasteiger partial charge in [0.25, 0.3) is 0 Å². The van der Waals surface area contributed by atoms with Gasteiger partial charge in [0.2, 0.25) is 5.91 Å². The summed E-state index contributed by atoms with van der Waals surface area (Å²) in [6.45, 7) is 7.64. The van der Waals surface area contributed by atoms with E-state index in [9.17, 15) is 4.79 Å². The van der Waals surface area contributed by atoms with Gasteiger partial charge >= 0.3 is 0 Å². The molecule has 15 heavy (non-hydrogen) atoms. The Morgan fingerprint density at radius 2 is 2.20 bits per heavy atom. The first-order valence-electron chi connectivity index (χ1n) is 5.76. The fourth-order valence-corrected chi connectivity index (χ4v) is 1.69. The van der Waals surface area contributed by atoms with Crippen molar-refractivity contribution in [3.8, 4) is 0 Å². The minimum absolute atomic E-state index is 0.0180. The lowest BCUT2D eigenvalue weighted by Gasteiger charge is -2.26. The molecular weight excluding hydrogens is 192 g/mol. The molecule has 1 amide bonds. The summed E-state index contributed by atoms with van der Waals surface area (Å²) in [6, 6.07) is 0.174. The highest BCUT2D eigenvalue weighted by Gasteiger charge is 2.20. The first-order chi connectivity index (χ1) is 7.09. The minimum atomic E-state index is -0.350. The molecule has 88 valence electrons. The number of ether oxygens (including phenoxy) is 1. The average molecular weight is 214 g/mol. The molecule has 0 bridgehead atoms. The Balaban J connectivity index is 2.26. The first-order valence-corrected chi connectivity index (χ1v) is 5.76. The predicted molar refractivity (Wildman–Crippen MR) is 59.7 cm³/mol. The third kappa shape index (κ3) is 4.62. The van der Waals surface area contributed by atoms with Crippen LogP contribution >= 0.6 is 0 Å². The molecule has 0 aromatic heterocycles. The van der Waals surface area contributed by atoms with Crippen LogP contribution in [0.1, 0.15) is 33.6 Å². The molecule has 1 fully saturated rings. The van der Waals surface area contributed by atoms with E-state index in [-0.39, 0.29) is 24.2 Å². The number of piperidine rings is 1. The highest BCUT2D eigenvalue weighted by molar-refractivity contribution is 5.80. The van der Waals surface area contributed by atoms with Crippen LogP contribution in [0.25, 0.3) is 0 Å². The second kappa shape index (κ2) is 6.08. The van der Waals surface area contributed by atoms with Gasteiger partial charge in [0.1, 0.15) is 6.10 Å². The van der Waals surface area contributed by atoms with Gasteiger partial charge in [-0.1, -0.05) is 0 Å². The van der Waals surface area contributed by atoms with Gasteiger partial charge in [0, 0.05) is 12.6 Å². The molecule has 1 unspecified atom stereocenters. The van der Waals surface area contributed by atoms with Crippen LogP contribution in [0, 0.1) is 0 Å². The Labute approximate surface area is 91.8 Å². The fraction of sp³-hybridized carbons (Fsp3) is 0.909. The molecule has 0 aromatic rings. The molecule has 1 aliphatic heterocycles. The summed E-state index contributed by atoms with van der Waals surface area (Å²) >= 11 is 0. The zero-order valence-electron chi connectivity index (χ0n) is 9.88. The van der Waals surface area contributed by atoms with Crippen LogP contribution < -0.4 is 10.6 Å². The maximum absolute atomic E-state index is 11.6. The van der Waals surface area contributed by atoms with E-state index in [1.165, 1.54) is 0 Å². The number of hydrogen-bond acceptors (Lipinski definition) is 3. The number of hydrogen-bond donors (Lipinski definition) is 2. The van der Waals surface area contributed by atoms with E-state index in [1.807, 2.05) is 20.8 Å². The maximum Gasteiger partial charge on any atom is 0.249 e. The molecule has 2 atom stereocenters. The van der Waals surface area contributed by atoms with Crippen molar-refractivity contribution in [2.45, 2.75) is 51.9 Å². The number of carbonyl (C=O) groups is 1. The predicted octanol–water partition coefficient (Wildman–Crippen LogP) is 0.668. The summed E-state index contributed by atoms with van der Waals surface area (Å²) in [6.07, 6.45) is 2.01. The second-order valence-electron chi connectivity index (χ2n) is 4.41. The van der Waals surface area contributed by atoms with Crippen molar-refractivity contribution in [2.75, 3.05) is 13.1 Å². The van der Waals surface area contributed by atoms with E-state index >= 15 is 0 Å². The van der Waals surface area contributed by atoms with E-state index in [1.54, 1.807) is 0 Å². The van der Waals surface area contributed by atoms with Gasteiger partial charge in [0.05, 0.1) is 6.10 Å². The monoisotopic (exact) mass is 214 g/mol. The number of rotatable bonds is 4. The maximum atomic E-state index is 11.6. The van der Waals surface area contributed by atoms with Gasteiger partial charge in [-0.15, -0.1) is 0 Å². The molecule has 2 N–H and O–H groups in total. The first kappa shape index (κ1) is 12.5. The van der Waals surface area contributed by atoms with Crippen molar-refractivity contribution in [2.24, 2.45) is 0 Å². The van der Waals surface area contributed by atoms with E-state index < -0.39 is 0 Å². The van der Waals surface area contributed by atoms with Gasteiger partial charge < -0.3 is 15.4 Å². The molecule has 1 rings (SSSR count). The Kier molecular flexibility index (Phi) is 5.05. The van der Waals surface area contributed by atoms with Crippen molar-refractivity contribution < 1.29 is 9.53 Å². The van der Waals surface area contributed by atoms with Gasteiger partial charge in [-0.3, -0.25) is 4.79 Å². The van der Waals surface area contributed by atoms with Gasteiger partial charge in [0.15, 0.2) is 0 Å². The number of carbonyl (C=O) groups excluding carboxylic acids is 1. The zero-order chi connectivity index (χ0) is 11.3. The summed E-state index contributed by atoms with van der Waals surface area (Å²) < 4.78 is 5.68. The second-order valence-corrected chi connectivity index (χ2v) is 4.41. The Morgan fingerprint density at radius 1 is 1.47 bits per heavy atom. The molecule has 1 heterocycles. The molecular formula is C11H22N2O2. The van der Waals surface area contributed by atoms with Crippen LogP contribution in [0.4, 0.5) is 0 Å². The molecule has 0 saturated carbocycles. The molecule has 0 aromatic carbocycles. The van der Waals surface area contributed by atoms with Crippen LogP contribution in [0.3, 0.4) is 0 Å². The van der Waals surface area contributed by atoms with Crippen LogP contribution in [-0.2, 0) is 9.53 Å². The number of nitrogens with one attached hydrogen (secondary N) is 2. The molecule has 0 aliphatic carbocycles. The van der Waals surface area contributed by atoms with Crippen molar-refractivity contribution in [3.63, 3.8) is 0 Å². The Morgan fingerprint density at radius 3 is 2.73 bits per heavy atom. The van der Waals surface area contributed by atoms with E-state index in [0.717, 1.165) is 25.9 Å². The average Bonchev–Trinajstić information content (AvgIpc) is 2.18. The zero-order valence-corrected chi connectivity index (χ0v) is 9.88.